The normalized spacial score (nSPS) is 19.7. The molecular formula is C33H43ClF2N6O3. The second kappa shape index (κ2) is 13.0. The average molecular weight is 645 g/mol. The van der Waals surface area contributed by atoms with Crippen LogP contribution in [0.4, 0.5) is 20.4 Å². The van der Waals surface area contributed by atoms with Crippen LogP contribution in [0.3, 0.4) is 0 Å². The summed E-state index contributed by atoms with van der Waals surface area (Å²) in [7, 11) is 0. The number of rotatable bonds is 8. The molecule has 2 N–H and O–H groups in total. The van der Waals surface area contributed by atoms with Crippen molar-refractivity contribution < 1.29 is 23.5 Å². The van der Waals surface area contributed by atoms with E-state index in [2.05, 4.69) is 25.5 Å². The summed E-state index contributed by atoms with van der Waals surface area (Å²) in [5, 5.41) is 20.3. The second-order valence-corrected chi connectivity index (χ2v) is 14.3. The fourth-order valence-electron chi connectivity index (χ4n) is 5.80. The Morgan fingerprint density at radius 3 is 2.56 bits per heavy atom. The fourth-order valence-corrected chi connectivity index (χ4v) is 5.99. The molecule has 3 aromatic rings. The van der Waals surface area contributed by atoms with Crippen LogP contribution in [0.15, 0.2) is 35.5 Å². The van der Waals surface area contributed by atoms with Gasteiger partial charge < -0.3 is 15.3 Å². The Bertz CT molecular complexity index is 1580. The summed E-state index contributed by atoms with van der Waals surface area (Å²) in [6.07, 6.45) is 1.59. The van der Waals surface area contributed by atoms with Crippen molar-refractivity contribution in [2.75, 3.05) is 11.9 Å². The Labute approximate surface area is 268 Å². The van der Waals surface area contributed by atoms with Crippen LogP contribution in [0.2, 0.25) is 5.02 Å². The van der Waals surface area contributed by atoms with Crippen LogP contribution in [0.25, 0.3) is 0 Å². The molecule has 12 heteroatoms. The van der Waals surface area contributed by atoms with Crippen LogP contribution in [-0.2, 0) is 28.0 Å². The number of ether oxygens (including phenoxy) is 1. The van der Waals surface area contributed by atoms with Gasteiger partial charge in [0, 0.05) is 36.2 Å². The van der Waals surface area contributed by atoms with E-state index in [1.54, 1.807) is 32.9 Å². The summed E-state index contributed by atoms with van der Waals surface area (Å²) in [6, 6.07) is 8.03. The number of aryl methyl sites for hydroxylation is 1. The third-order valence-corrected chi connectivity index (χ3v) is 8.20. The van der Waals surface area contributed by atoms with Crippen molar-refractivity contribution in [2.24, 2.45) is 10.6 Å². The van der Waals surface area contributed by atoms with E-state index in [-0.39, 0.29) is 34.3 Å². The number of aromatic nitrogens is 3. The molecule has 1 aliphatic heterocycles. The van der Waals surface area contributed by atoms with Crippen LogP contribution in [0, 0.1) is 24.0 Å². The highest BCUT2D eigenvalue weighted by atomic mass is 35.5. The molecule has 0 amide bonds. The maximum absolute atomic E-state index is 16.0. The molecule has 1 aliphatic rings. The van der Waals surface area contributed by atoms with Crippen molar-refractivity contribution in [1.29, 1.82) is 0 Å². The van der Waals surface area contributed by atoms with E-state index in [1.807, 2.05) is 45.4 Å². The molecule has 0 saturated carbocycles. The lowest BCUT2D eigenvalue weighted by Crippen LogP contribution is -2.51. The standard InChI is InChI=1S/C33H43ClF2N6O3/c1-20-14-27(42(40-20)31(3,4)5)39-26-15-23(18-37-44)29(36)25(38-26)17-33(30(43)45-32(6,7)8)12-13-41(21(2)16-33)19-22-10-9-11-24(34)28(22)35/h9-11,14-15,18,21,44H,12-13,16-17,19H2,1-8H3,(H,38,39)/b37-18+/t21-,33?/m1/s1. The van der Waals surface area contributed by atoms with Crippen molar-refractivity contribution in [1.82, 2.24) is 19.7 Å². The number of carbonyl (C=O) groups excluding carboxylic acids is 1. The first-order valence-corrected chi connectivity index (χ1v) is 15.4. The van der Waals surface area contributed by atoms with Crippen LogP contribution in [-0.4, -0.2) is 55.2 Å². The van der Waals surface area contributed by atoms with Gasteiger partial charge in [0.25, 0.3) is 0 Å². The zero-order valence-corrected chi connectivity index (χ0v) is 28.0. The zero-order valence-electron chi connectivity index (χ0n) is 27.2. The molecule has 244 valence electrons. The summed E-state index contributed by atoms with van der Waals surface area (Å²) in [5.74, 6) is -0.666. The Balaban J connectivity index is 1.72. The minimum absolute atomic E-state index is 0.00444. The summed E-state index contributed by atoms with van der Waals surface area (Å²) in [5.41, 5.74) is -0.974. The van der Waals surface area contributed by atoms with E-state index in [4.69, 9.17) is 16.3 Å². The minimum atomic E-state index is -1.13. The molecule has 0 spiro atoms. The number of esters is 1. The number of nitrogens with one attached hydrogen (secondary N) is 1. The van der Waals surface area contributed by atoms with Gasteiger partial charge in [-0.25, -0.2) is 18.4 Å². The van der Waals surface area contributed by atoms with Crippen LogP contribution >= 0.6 is 11.6 Å². The molecule has 0 radical (unpaired) electrons. The number of benzene rings is 1. The van der Waals surface area contributed by atoms with E-state index >= 15 is 4.39 Å². The first-order chi connectivity index (χ1) is 20.9. The SMILES string of the molecule is Cc1cc(Nc2cc(/C=N/O)c(F)c(CC3(C(=O)OC(C)(C)C)CCN(Cc4cccc(Cl)c4F)[C@H](C)C3)n2)n(C(C)(C)C)n1. The van der Waals surface area contributed by atoms with Gasteiger partial charge in [-0.05, 0) is 86.9 Å². The number of anilines is 2. The average Bonchev–Trinajstić information content (AvgIpc) is 3.30. The van der Waals surface area contributed by atoms with Gasteiger partial charge in [0.15, 0.2) is 5.82 Å². The highest BCUT2D eigenvalue weighted by molar-refractivity contribution is 6.30. The maximum Gasteiger partial charge on any atom is 0.313 e. The van der Waals surface area contributed by atoms with Crippen molar-refractivity contribution >= 4 is 35.4 Å². The Morgan fingerprint density at radius 1 is 1.22 bits per heavy atom. The van der Waals surface area contributed by atoms with Crippen LogP contribution in [0.5, 0.6) is 0 Å². The van der Waals surface area contributed by atoms with Crippen molar-refractivity contribution in [3.63, 3.8) is 0 Å². The quantitative estimate of drug-likeness (QED) is 0.114. The maximum atomic E-state index is 16.0. The molecule has 3 heterocycles. The molecule has 1 unspecified atom stereocenters. The fraction of sp³-hybridized carbons (Fsp3) is 0.515. The Hall–Kier alpha value is -3.57. The molecule has 4 rings (SSSR count). The third-order valence-electron chi connectivity index (χ3n) is 7.90. The second-order valence-electron chi connectivity index (χ2n) is 13.9. The van der Waals surface area contributed by atoms with E-state index in [0.717, 1.165) is 11.9 Å². The lowest BCUT2D eigenvalue weighted by atomic mass is 9.71. The van der Waals surface area contributed by atoms with E-state index in [9.17, 15) is 14.4 Å². The molecular weight excluding hydrogens is 602 g/mol. The number of nitrogens with zero attached hydrogens (tertiary/aromatic N) is 5. The third kappa shape index (κ3) is 7.99. The molecule has 1 saturated heterocycles. The number of piperidine rings is 1. The molecule has 1 aromatic carbocycles. The monoisotopic (exact) mass is 644 g/mol. The molecule has 1 fully saturated rings. The lowest BCUT2D eigenvalue weighted by Gasteiger charge is -2.45. The molecule has 45 heavy (non-hydrogen) atoms. The number of likely N-dealkylation sites (tertiary alicyclic amines) is 1. The van der Waals surface area contributed by atoms with Gasteiger partial charge in [0.1, 0.15) is 23.1 Å². The van der Waals surface area contributed by atoms with Gasteiger partial charge in [-0.15, -0.1) is 0 Å². The Kier molecular flexibility index (Phi) is 9.94. The number of pyridine rings is 1. The predicted molar refractivity (Wildman–Crippen MR) is 171 cm³/mol. The molecule has 0 aliphatic carbocycles. The molecule has 0 bridgehead atoms. The predicted octanol–water partition coefficient (Wildman–Crippen LogP) is 7.38. The minimum Gasteiger partial charge on any atom is -0.460 e. The summed E-state index contributed by atoms with van der Waals surface area (Å²) < 4.78 is 38.5. The van der Waals surface area contributed by atoms with Gasteiger partial charge in [0.2, 0.25) is 0 Å². The number of oxime groups is 1. The van der Waals surface area contributed by atoms with Gasteiger partial charge in [-0.3, -0.25) is 9.69 Å². The number of halogens is 3. The summed E-state index contributed by atoms with van der Waals surface area (Å²) >= 11 is 6.02. The summed E-state index contributed by atoms with van der Waals surface area (Å²) in [6.45, 7) is 16.0. The smallest absolute Gasteiger partial charge is 0.313 e. The lowest BCUT2D eigenvalue weighted by molar-refractivity contribution is -0.172. The first kappa shape index (κ1) is 34.3. The topological polar surface area (TPSA) is 105 Å². The van der Waals surface area contributed by atoms with Gasteiger partial charge >= 0.3 is 5.97 Å². The molecule has 2 atom stereocenters. The van der Waals surface area contributed by atoms with E-state index in [0.29, 0.717) is 43.1 Å². The van der Waals surface area contributed by atoms with Gasteiger partial charge in [-0.2, -0.15) is 5.10 Å². The highest BCUT2D eigenvalue weighted by Crippen LogP contribution is 2.42. The Morgan fingerprint density at radius 2 is 1.93 bits per heavy atom. The highest BCUT2D eigenvalue weighted by Gasteiger charge is 2.47. The van der Waals surface area contributed by atoms with E-state index < -0.39 is 28.6 Å². The summed E-state index contributed by atoms with van der Waals surface area (Å²) in [4.78, 5) is 20.7. The van der Waals surface area contributed by atoms with E-state index in [1.165, 1.54) is 12.1 Å². The first-order valence-electron chi connectivity index (χ1n) is 15.0. The molecule has 2 aromatic heterocycles. The number of hydrogen-bond acceptors (Lipinski definition) is 8. The van der Waals surface area contributed by atoms with Gasteiger partial charge in [-0.1, -0.05) is 28.9 Å². The van der Waals surface area contributed by atoms with Crippen molar-refractivity contribution in [3.05, 3.63) is 69.5 Å². The number of carbonyl (C=O) groups is 1. The van der Waals surface area contributed by atoms with Crippen molar-refractivity contribution in [2.45, 2.75) is 98.4 Å². The van der Waals surface area contributed by atoms with Crippen LogP contribution in [0.1, 0.15) is 83.8 Å². The number of hydrogen-bond donors (Lipinski definition) is 2. The van der Waals surface area contributed by atoms with Crippen LogP contribution < -0.4 is 5.32 Å². The molecule has 9 nitrogen and oxygen atoms in total. The van der Waals surface area contributed by atoms with Crippen molar-refractivity contribution in [3.8, 4) is 0 Å². The van der Waals surface area contributed by atoms with Gasteiger partial charge in [0.05, 0.1) is 33.6 Å². The largest absolute Gasteiger partial charge is 0.460 e. The zero-order chi connectivity index (χ0) is 33.3.